The van der Waals surface area contributed by atoms with E-state index in [1.807, 2.05) is 18.2 Å². The quantitative estimate of drug-likeness (QED) is 0.809. The molecule has 2 heterocycles. The van der Waals surface area contributed by atoms with Gasteiger partial charge in [0.15, 0.2) is 5.82 Å². The van der Waals surface area contributed by atoms with E-state index in [-0.39, 0.29) is 11.9 Å². The maximum Gasteiger partial charge on any atom is 0.308 e. The Morgan fingerprint density at radius 2 is 1.92 bits per heavy atom. The molecule has 0 bridgehead atoms. The van der Waals surface area contributed by atoms with E-state index in [2.05, 4.69) is 40.2 Å². The summed E-state index contributed by atoms with van der Waals surface area (Å²) in [5.74, 6) is 0.803. The summed E-state index contributed by atoms with van der Waals surface area (Å²) in [5, 5.41) is 8.92. The van der Waals surface area contributed by atoms with Crippen LogP contribution < -0.4 is 4.90 Å². The van der Waals surface area contributed by atoms with E-state index < -0.39 is 0 Å². The zero-order valence-electron chi connectivity index (χ0n) is 14.2. The number of aromatic nitrogens is 2. The van der Waals surface area contributed by atoms with Crippen molar-refractivity contribution in [2.45, 2.75) is 26.2 Å². The number of esters is 1. The minimum Gasteiger partial charge on any atom is -0.469 e. The molecule has 0 unspecified atom stereocenters. The van der Waals surface area contributed by atoms with Crippen LogP contribution in [-0.2, 0) is 16.0 Å². The van der Waals surface area contributed by atoms with Gasteiger partial charge < -0.3 is 9.64 Å². The summed E-state index contributed by atoms with van der Waals surface area (Å²) in [6, 6.07) is 12.3. The summed E-state index contributed by atoms with van der Waals surface area (Å²) >= 11 is 0. The van der Waals surface area contributed by atoms with Gasteiger partial charge in [-0.2, -0.15) is 0 Å². The summed E-state index contributed by atoms with van der Waals surface area (Å²) < 4.78 is 4.85. The van der Waals surface area contributed by atoms with Crippen molar-refractivity contribution in [3.8, 4) is 11.3 Å². The zero-order chi connectivity index (χ0) is 16.9. The molecule has 0 atom stereocenters. The Balaban J connectivity index is 1.77. The number of nitrogens with zero attached hydrogens (tertiary/aromatic N) is 3. The molecule has 0 radical (unpaired) electrons. The lowest BCUT2D eigenvalue weighted by atomic mass is 9.97. The van der Waals surface area contributed by atoms with Gasteiger partial charge in [0.25, 0.3) is 0 Å². The average molecular weight is 325 g/mol. The molecule has 1 aliphatic heterocycles. The lowest BCUT2D eigenvalue weighted by molar-refractivity contribution is -0.146. The summed E-state index contributed by atoms with van der Waals surface area (Å²) in [6.07, 6.45) is 2.51. The van der Waals surface area contributed by atoms with Crippen LogP contribution in [0.3, 0.4) is 0 Å². The van der Waals surface area contributed by atoms with E-state index in [1.54, 1.807) is 0 Å². The van der Waals surface area contributed by atoms with Gasteiger partial charge in [-0.1, -0.05) is 37.3 Å². The average Bonchev–Trinajstić information content (AvgIpc) is 2.67. The van der Waals surface area contributed by atoms with Gasteiger partial charge in [0.1, 0.15) is 0 Å². The van der Waals surface area contributed by atoms with E-state index in [4.69, 9.17) is 4.74 Å². The fourth-order valence-corrected chi connectivity index (χ4v) is 3.19. The number of methoxy groups -OCH3 is 1. The van der Waals surface area contributed by atoms with Crippen molar-refractivity contribution < 1.29 is 9.53 Å². The van der Waals surface area contributed by atoms with E-state index in [0.29, 0.717) is 0 Å². The predicted molar refractivity (Wildman–Crippen MR) is 93.8 cm³/mol. The van der Waals surface area contributed by atoms with Crippen LogP contribution in [-0.4, -0.2) is 36.4 Å². The number of anilines is 1. The molecule has 1 aromatic heterocycles. The standard InChI is InChI=1S/C19H23N3O2/c1-3-14-13-17(20-21-18(14)15-7-5-4-6-8-15)22-11-9-16(10-12-22)19(23)24-2/h4-8,13,16H,3,9-12H2,1-2H3. The molecule has 24 heavy (non-hydrogen) atoms. The third-order valence-electron chi connectivity index (χ3n) is 4.64. The van der Waals surface area contributed by atoms with E-state index in [1.165, 1.54) is 12.7 Å². The van der Waals surface area contributed by atoms with Gasteiger partial charge in [-0.05, 0) is 30.9 Å². The third kappa shape index (κ3) is 3.40. The summed E-state index contributed by atoms with van der Waals surface area (Å²) in [5.41, 5.74) is 3.24. The smallest absolute Gasteiger partial charge is 0.308 e. The molecule has 0 saturated carbocycles. The minimum atomic E-state index is -0.102. The molecule has 0 N–H and O–H groups in total. The zero-order valence-corrected chi connectivity index (χ0v) is 14.2. The van der Waals surface area contributed by atoms with Crippen LogP contribution in [0.2, 0.25) is 0 Å². The highest BCUT2D eigenvalue weighted by molar-refractivity contribution is 5.72. The maximum atomic E-state index is 11.6. The van der Waals surface area contributed by atoms with Crippen molar-refractivity contribution in [3.63, 3.8) is 0 Å². The second-order valence-electron chi connectivity index (χ2n) is 6.08. The molecule has 2 aromatic rings. The van der Waals surface area contributed by atoms with Crippen LogP contribution in [0.4, 0.5) is 5.82 Å². The summed E-state index contributed by atoms with van der Waals surface area (Å²) in [7, 11) is 1.45. The highest BCUT2D eigenvalue weighted by Gasteiger charge is 2.26. The van der Waals surface area contributed by atoms with Crippen LogP contribution in [0.1, 0.15) is 25.3 Å². The first-order chi connectivity index (χ1) is 11.7. The van der Waals surface area contributed by atoms with Crippen LogP contribution in [0, 0.1) is 5.92 Å². The molecule has 3 rings (SSSR count). The molecule has 5 heteroatoms. The van der Waals surface area contributed by atoms with Crippen molar-refractivity contribution in [3.05, 3.63) is 42.0 Å². The summed E-state index contributed by atoms with van der Waals surface area (Å²) in [6.45, 7) is 3.75. The van der Waals surface area contributed by atoms with Crippen molar-refractivity contribution in [1.29, 1.82) is 0 Å². The number of benzene rings is 1. The molecule has 1 aromatic carbocycles. The molecule has 1 fully saturated rings. The van der Waals surface area contributed by atoms with Crippen molar-refractivity contribution >= 4 is 11.8 Å². The fourth-order valence-electron chi connectivity index (χ4n) is 3.19. The van der Waals surface area contributed by atoms with Crippen LogP contribution in [0.5, 0.6) is 0 Å². The Hall–Kier alpha value is -2.43. The van der Waals surface area contributed by atoms with Gasteiger partial charge in [-0.25, -0.2) is 0 Å². The Bertz CT molecular complexity index is 695. The van der Waals surface area contributed by atoms with Crippen molar-refractivity contribution in [2.24, 2.45) is 5.92 Å². The van der Waals surface area contributed by atoms with Crippen molar-refractivity contribution in [2.75, 3.05) is 25.1 Å². The topological polar surface area (TPSA) is 55.3 Å². The van der Waals surface area contributed by atoms with Gasteiger partial charge >= 0.3 is 5.97 Å². The van der Waals surface area contributed by atoms with Crippen LogP contribution >= 0.6 is 0 Å². The normalized spacial score (nSPS) is 15.3. The molecule has 0 spiro atoms. The minimum absolute atomic E-state index is 0.00782. The number of ether oxygens (including phenoxy) is 1. The second-order valence-corrected chi connectivity index (χ2v) is 6.08. The number of rotatable bonds is 4. The Morgan fingerprint density at radius 3 is 2.54 bits per heavy atom. The first-order valence-electron chi connectivity index (χ1n) is 8.47. The molecule has 5 nitrogen and oxygen atoms in total. The van der Waals surface area contributed by atoms with E-state index >= 15 is 0 Å². The SMILES string of the molecule is CCc1cc(N2CCC(C(=O)OC)CC2)nnc1-c1ccccc1. The lowest BCUT2D eigenvalue weighted by Gasteiger charge is -2.31. The molecule has 1 saturated heterocycles. The van der Waals surface area contributed by atoms with Gasteiger partial charge in [-0.15, -0.1) is 10.2 Å². The third-order valence-corrected chi connectivity index (χ3v) is 4.64. The van der Waals surface area contributed by atoms with Gasteiger partial charge in [0, 0.05) is 18.7 Å². The monoisotopic (exact) mass is 325 g/mol. The lowest BCUT2D eigenvalue weighted by Crippen LogP contribution is -2.37. The number of carbonyl (C=O) groups excluding carboxylic acids is 1. The number of piperidine rings is 1. The van der Waals surface area contributed by atoms with E-state index in [0.717, 1.165) is 49.4 Å². The second kappa shape index (κ2) is 7.43. The molecule has 0 amide bonds. The first kappa shape index (κ1) is 16.4. The Labute approximate surface area is 142 Å². The number of hydrogen-bond acceptors (Lipinski definition) is 5. The number of carbonyl (C=O) groups is 1. The fraction of sp³-hybridized carbons (Fsp3) is 0.421. The van der Waals surface area contributed by atoms with Crippen LogP contribution in [0.25, 0.3) is 11.3 Å². The molecule has 0 aliphatic carbocycles. The molecular formula is C19H23N3O2. The Morgan fingerprint density at radius 1 is 1.21 bits per heavy atom. The largest absolute Gasteiger partial charge is 0.469 e. The maximum absolute atomic E-state index is 11.6. The van der Waals surface area contributed by atoms with Gasteiger partial charge in [0.05, 0.1) is 18.7 Å². The summed E-state index contributed by atoms with van der Waals surface area (Å²) in [4.78, 5) is 13.9. The van der Waals surface area contributed by atoms with E-state index in [9.17, 15) is 4.79 Å². The highest BCUT2D eigenvalue weighted by Crippen LogP contribution is 2.27. The van der Waals surface area contributed by atoms with Crippen LogP contribution in [0.15, 0.2) is 36.4 Å². The molecule has 126 valence electrons. The Kier molecular flexibility index (Phi) is 5.08. The number of hydrogen-bond donors (Lipinski definition) is 0. The predicted octanol–water partition coefficient (Wildman–Crippen LogP) is 3.10. The molecular weight excluding hydrogens is 302 g/mol. The molecule has 1 aliphatic rings. The first-order valence-corrected chi connectivity index (χ1v) is 8.47. The van der Waals surface area contributed by atoms with Gasteiger partial charge in [-0.3, -0.25) is 4.79 Å². The number of aryl methyl sites for hydroxylation is 1. The highest BCUT2D eigenvalue weighted by atomic mass is 16.5. The van der Waals surface area contributed by atoms with Crippen molar-refractivity contribution in [1.82, 2.24) is 10.2 Å². The van der Waals surface area contributed by atoms with Gasteiger partial charge in [0.2, 0.25) is 0 Å².